The highest BCUT2D eigenvalue weighted by atomic mass is 16.5. The zero-order valence-corrected chi connectivity index (χ0v) is 63.9. The van der Waals surface area contributed by atoms with Crippen molar-refractivity contribution in [3.05, 3.63) is 337 Å². The van der Waals surface area contributed by atoms with Crippen LogP contribution in [0.5, 0.6) is 46.0 Å². The van der Waals surface area contributed by atoms with E-state index in [0.29, 0.717) is 55.3 Å². The number of hydrogen-bond donors (Lipinski definition) is 0. The Labute approximate surface area is 660 Å². The average molecular weight is 1500 g/mol. The predicted octanol–water partition coefficient (Wildman–Crippen LogP) is 22.9. The Kier molecular flexibility index (Phi) is 19.6. The third kappa shape index (κ3) is 13.9. The topological polar surface area (TPSA) is 152 Å². The smallest absolute Gasteiger partial charge is 0.262 e. The lowest BCUT2D eigenvalue weighted by atomic mass is 9.80. The fourth-order valence-electron chi connectivity index (χ4n) is 16.2. The second-order valence-corrected chi connectivity index (χ2v) is 30.3. The minimum Gasteiger partial charge on any atom is -0.457 e. The van der Waals surface area contributed by atoms with Gasteiger partial charge in [-0.25, -0.2) is 0 Å². The summed E-state index contributed by atoms with van der Waals surface area (Å²) in [6, 6.07) is 93.2. The van der Waals surface area contributed by atoms with Crippen molar-refractivity contribution in [2.75, 3.05) is 14.1 Å². The molecule has 2 aliphatic heterocycles. The van der Waals surface area contributed by atoms with E-state index in [9.17, 15) is 0 Å². The molecule has 2 heterocycles. The van der Waals surface area contributed by atoms with E-state index in [-0.39, 0.29) is 93.8 Å². The van der Waals surface area contributed by atoms with Crippen molar-refractivity contribution in [2.24, 2.45) is 11.8 Å². The van der Waals surface area contributed by atoms with Gasteiger partial charge in [0.15, 0.2) is 0 Å². The molecule has 6 amide bonds. The Morgan fingerprint density at radius 2 is 0.491 bits per heavy atom. The molecule has 0 aromatic heterocycles. The predicted molar refractivity (Wildman–Crippen MR) is 449 cm³/mol. The van der Waals surface area contributed by atoms with E-state index in [1.165, 1.54) is 0 Å². The quantitative estimate of drug-likeness (QED) is 0.0325. The first-order chi connectivity index (χ1) is 55.5. The largest absolute Gasteiger partial charge is 0.457 e. The van der Waals surface area contributed by atoms with Gasteiger partial charge in [-0.3, -0.25) is 38.6 Å². The van der Waals surface area contributed by atoms with Gasteiger partial charge in [-0.1, -0.05) is 258 Å². The molecule has 114 heavy (non-hydrogen) atoms. The maximum Gasteiger partial charge on any atom is 0.262 e. The zero-order chi connectivity index (χ0) is 78.4. The van der Waals surface area contributed by atoms with Crippen LogP contribution in [0.15, 0.2) is 303 Å². The van der Waals surface area contributed by atoms with Crippen molar-refractivity contribution in [2.45, 2.75) is 65.7 Å². The van der Waals surface area contributed by atoms with Crippen LogP contribution in [0, 0.1) is 11.8 Å². The van der Waals surface area contributed by atoms with Crippen LogP contribution < -0.4 is 18.9 Å². The summed E-state index contributed by atoms with van der Waals surface area (Å²) in [5, 5.41) is 2.23. The zero-order valence-electron chi connectivity index (χ0n) is 63.9. The lowest BCUT2D eigenvalue weighted by Crippen LogP contribution is -2.54. The van der Waals surface area contributed by atoms with Crippen LogP contribution >= 0.6 is 0 Å². The van der Waals surface area contributed by atoms with Crippen LogP contribution in [-0.4, -0.2) is 81.2 Å². The average Bonchev–Trinajstić information content (AvgIpc) is 0.670. The summed E-state index contributed by atoms with van der Waals surface area (Å²) >= 11 is 0. The molecule has 17 rings (SSSR count). The standard InChI is InChI=1S/C100H80N4O10/c1-61(2)53-81(99(109)101(5)59-63-25-13-7-14-26-63)103-95(105)77-55-83(111-73-45-37-69(38-46-73)65-29-17-9-18-30-65)89-91-85(113-75-49-41-71(42-50-75)67-33-21-11-22-34-67)57-79-88-80(98(108)104(97(79)107)82(54-62(3)4)100(110)102(6)60-64-27-15-8-16-28-64)58-86(114-76-51-43-72(44-52-76)68-35-23-12-24-36-68)92(94(88)91)90-84(56-78(96(103)106)87(77)93(89)90)112-74-47-39-70(40-48-74)66-31-19-10-20-32-66/h7-52,55-58,61-62,81-82H,53-54,59-60H2,1-6H3. The van der Waals surface area contributed by atoms with Crippen LogP contribution in [0.3, 0.4) is 0 Å². The van der Waals surface area contributed by atoms with Gasteiger partial charge in [-0.2, -0.15) is 0 Å². The summed E-state index contributed by atoms with van der Waals surface area (Å²) in [6.45, 7) is 8.21. The fourth-order valence-corrected chi connectivity index (χ4v) is 16.2. The Morgan fingerprint density at radius 1 is 0.281 bits per heavy atom. The Hall–Kier alpha value is -14.0. The molecule has 0 N–H and O–H groups in total. The first kappa shape index (κ1) is 72.9. The monoisotopic (exact) mass is 1500 g/mol. The molecule has 14 heteroatoms. The first-order valence-electron chi connectivity index (χ1n) is 38.5. The summed E-state index contributed by atoms with van der Waals surface area (Å²) in [5.41, 5.74) is 9.33. The second-order valence-electron chi connectivity index (χ2n) is 30.3. The van der Waals surface area contributed by atoms with Crippen molar-refractivity contribution in [1.82, 2.24) is 19.6 Å². The number of benzene rings is 15. The SMILES string of the molecule is CC(C)CC(C(=O)N(C)Cc1ccccc1)N1C(=O)c2cc(Oc3ccc(-c4ccccc4)cc3)c3c4c(Oc5ccc(-c6ccccc6)cc5)cc5c6c(cc(Oc7ccc(-c8ccccc8)cc7)c(c7c(Oc8ccc(-c9ccccc9)cc8)cc(c2c37)C1=O)c64)C(=O)N(C(CC(C)C)C(=O)N(C)Cc1ccccc1)C5=O. The molecular weight excluding hydrogens is 1420 g/mol. The van der Waals surface area contributed by atoms with Gasteiger partial charge in [0, 0.05) is 70.3 Å². The maximum absolute atomic E-state index is 16.7. The van der Waals surface area contributed by atoms with Crippen LogP contribution in [0.2, 0.25) is 0 Å². The number of likely N-dealkylation sites (N-methyl/N-ethyl adjacent to an activating group) is 2. The summed E-state index contributed by atoms with van der Waals surface area (Å²) in [7, 11) is 3.36. The van der Waals surface area contributed by atoms with E-state index >= 15 is 28.8 Å². The van der Waals surface area contributed by atoms with Crippen molar-refractivity contribution < 1.29 is 47.7 Å². The number of carbonyl (C=O) groups excluding carboxylic acids is 6. The highest BCUT2D eigenvalue weighted by molar-refractivity contribution is 6.45. The van der Waals surface area contributed by atoms with Gasteiger partial charge >= 0.3 is 0 Å². The summed E-state index contributed by atoms with van der Waals surface area (Å²) in [5.74, 6) is -2.43. The van der Waals surface area contributed by atoms with E-state index in [0.717, 1.165) is 65.4 Å². The fraction of sp³-hybridized carbons (Fsp3) is 0.140. The molecule has 0 radical (unpaired) electrons. The number of rotatable bonds is 24. The van der Waals surface area contributed by atoms with Gasteiger partial charge in [-0.15, -0.1) is 0 Å². The summed E-state index contributed by atoms with van der Waals surface area (Å²) in [6.07, 6.45) is 0.230. The molecule has 2 atom stereocenters. The molecule has 2 unspecified atom stereocenters. The number of nitrogens with zero attached hydrogens (tertiary/aromatic N) is 4. The van der Waals surface area contributed by atoms with Gasteiger partial charge in [0.2, 0.25) is 11.8 Å². The van der Waals surface area contributed by atoms with Gasteiger partial charge in [0.1, 0.15) is 58.1 Å². The molecule has 0 fully saturated rings. The number of carbonyl (C=O) groups is 6. The molecular formula is C100H80N4O10. The van der Waals surface area contributed by atoms with Gasteiger partial charge < -0.3 is 28.7 Å². The molecule has 0 saturated heterocycles. The molecule has 15 aromatic rings. The highest BCUT2D eigenvalue weighted by Crippen LogP contribution is 2.59. The third-order valence-corrected chi connectivity index (χ3v) is 21.6. The Balaban J connectivity index is 0.994. The van der Waals surface area contributed by atoms with E-state index in [2.05, 4.69) is 0 Å². The Bertz CT molecular complexity index is 5510. The number of hydrogen-bond acceptors (Lipinski definition) is 10. The van der Waals surface area contributed by atoms with E-state index in [1.54, 1.807) is 48.2 Å². The number of amides is 6. The van der Waals surface area contributed by atoms with Crippen LogP contribution in [0.1, 0.15) is 93.1 Å². The van der Waals surface area contributed by atoms with Crippen molar-refractivity contribution in [1.29, 1.82) is 0 Å². The molecule has 14 nitrogen and oxygen atoms in total. The van der Waals surface area contributed by atoms with E-state index in [1.807, 2.05) is 307 Å². The second kappa shape index (κ2) is 30.7. The number of fused-ring (bicyclic) bond motifs is 2. The van der Waals surface area contributed by atoms with Gasteiger partial charge in [0.25, 0.3) is 23.6 Å². The lowest BCUT2D eigenvalue weighted by molar-refractivity contribution is -0.135. The molecule has 15 aromatic carbocycles. The summed E-state index contributed by atoms with van der Waals surface area (Å²) < 4.78 is 29.8. The van der Waals surface area contributed by atoms with Crippen LogP contribution in [-0.2, 0) is 22.7 Å². The van der Waals surface area contributed by atoms with Crippen LogP contribution in [0.25, 0.3) is 87.6 Å². The minimum atomic E-state index is -1.30. The summed E-state index contributed by atoms with van der Waals surface area (Å²) in [4.78, 5) is 103. The van der Waals surface area contributed by atoms with E-state index in [4.69, 9.17) is 18.9 Å². The highest BCUT2D eigenvalue weighted by Gasteiger charge is 2.47. The van der Waals surface area contributed by atoms with Crippen molar-refractivity contribution in [3.8, 4) is 90.5 Å². The normalized spacial score (nSPS) is 13.2. The molecule has 0 saturated carbocycles. The number of ether oxygens (including phenoxy) is 4. The van der Waals surface area contributed by atoms with E-state index < -0.39 is 47.5 Å². The third-order valence-electron chi connectivity index (χ3n) is 21.6. The Morgan fingerprint density at radius 3 is 0.711 bits per heavy atom. The van der Waals surface area contributed by atoms with Crippen LogP contribution in [0.4, 0.5) is 0 Å². The van der Waals surface area contributed by atoms with Gasteiger partial charge in [0.05, 0.1) is 22.3 Å². The lowest BCUT2D eigenvalue weighted by Gasteiger charge is -2.37. The van der Waals surface area contributed by atoms with Gasteiger partial charge in [-0.05, 0) is 153 Å². The minimum absolute atomic E-state index is 0.0395. The maximum atomic E-state index is 16.7. The molecule has 560 valence electrons. The molecule has 0 bridgehead atoms. The van der Waals surface area contributed by atoms with Crippen molar-refractivity contribution in [3.63, 3.8) is 0 Å². The number of imide groups is 2. The molecule has 0 spiro atoms. The molecule has 2 aliphatic rings. The first-order valence-corrected chi connectivity index (χ1v) is 38.5. The molecule has 0 aliphatic carbocycles. The van der Waals surface area contributed by atoms with Crippen molar-refractivity contribution >= 4 is 78.5 Å².